The molecule has 45 heavy (non-hydrogen) atoms. The molecule has 16 nitrogen and oxygen atoms in total. The monoisotopic (exact) mass is 642 g/mol. The number of ether oxygens (including phenoxy) is 4. The molecule has 0 saturated carbocycles. The lowest BCUT2D eigenvalue weighted by Crippen LogP contribution is -2.40. The second-order valence-corrected chi connectivity index (χ2v) is 10.2. The van der Waals surface area contributed by atoms with Crippen LogP contribution < -0.4 is 24.4 Å². The van der Waals surface area contributed by atoms with E-state index in [9.17, 15) is 39.7 Å². The lowest BCUT2D eigenvalue weighted by molar-refractivity contribution is -0.396. The number of rotatable bonds is 11. The zero-order chi connectivity index (χ0) is 33.0. The van der Waals surface area contributed by atoms with Crippen molar-refractivity contribution in [1.82, 2.24) is 4.57 Å². The van der Waals surface area contributed by atoms with Crippen molar-refractivity contribution >= 4 is 40.7 Å². The van der Waals surface area contributed by atoms with Gasteiger partial charge in [0.15, 0.2) is 22.9 Å². The number of hydrogen-bond acceptors (Lipinski definition) is 14. The number of fused-ring (bicyclic) bond motifs is 1. The van der Waals surface area contributed by atoms with Crippen LogP contribution in [0, 0.1) is 20.2 Å². The third-order valence-electron chi connectivity index (χ3n) is 6.46. The molecule has 3 aromatic rings. The van der Waals surface area contributed by atoms with Crippen LogP contribution >= 0.6 is 11.3 Å². The number of allylic oxidation sites excluding steroid dienone is 1. The number of thiazole rings is 1. The Morgan fingerprint density at radius 1 is 1.07 bits per heavy atom. The summed E-state index contributed by atoms with van der Waals surface area (Å²) in [5.74, 6) is -2.06. The fourth-order valence-corrected chi connectivity index (χ4v) is 5.57. The summed E-state index contributed by atoms with van der Waals surface area (Å²) in [6.45, 7) is 4.77. The first kappa shape index (κ1) is 32.3. The Bertz CT molecular complexity index is 1890. The topological polar surface area (TPSA) is 212 Å². The van der Waals surface area contributed by atoms with Crippen LogP contribution in [-0.2, 0) is 19.1 Å². The SMILES string of the molecule is CCOC(=O)C1=C(C)N=c2s/c(=C/c3cc([N+](=O)[O-])c(O)c([N+](=O)[O-])c3)c(=O)n2[C@H]1c1ccc(OCC(=O)OC)c(OCC)c1. The summed E-state index contributed by atoms with van der Waals surface area (Å²) in [5.41, 5.74) is -1.90. The predicted octanol–water partition coefficient (Wildman–Crippen LogP) is 2.27. The Morgan fingerprint density at radius 2 is 1.73 bits per heavy atom. The molecule has 236 valence electrons. The minimum atomic E-state index is -1.12. The number of methoxy groups -OCH3 is 1. The average molecular weight is 643 g/mol. The molecule has 0 fully saturated rings. The van der Waals surface area contributed by atoms with E-state index < -0.39 is 57.1 Å². The molecule has 0 bridgehead atoms. The smallest absolute Gasteiger partial charge is 0.343 e. The van der Waals surface area contributed by atoms with E-state index in [0.717, 1.165) is 23.5 Å². The van der Waals surface area contributed by atoms with Crippen molar-refractivity contribution < 1.29 is 43.5 Å². The molecule has 4 rings (SSSR count). The zero-order valence-electron chi connectivity index (χ0n) is 24.3. The fourth-order valence-electron chi connectivity index (χ4n) is 4.52. The molecule has 1 aliphatic heterocycles. The number of phenolic OH excluding ortho intramolecular Hbond substituents is 1. The van der Waals surface area contributed by atoms with Gasteiger partial charge in [-0.3, -0.25) is 29.6 Å². The van der Waals surface area contributed by atoms with Crippen molar-refractivity contribution in [2.24, 2.45) is 4.99 Å². The van der Waals surface area contributed by atoms with Crippen LogP contribution in [0.3, 0.4) is 0 Å². The number of carbonyl (C=O) groups is 2. The van der Waals surface area contributed by atoms with Gasteiger partial charge in [-0.1, -0.05) is 17.4 Å². The van der Waals surface area contributed by atoms with E-state index in [-0.39, 0.29) is 50.9 Å². The predicted molar refractivity (Wildman–Crippen MR) is 157 cm³/mol. The summed E-state index contributed by atoms with van der Waals surface area (Å²) in [4.78, 5) is 64.3. The van der Waals surface area contributed by atoms with Crippen LogP contribution in [0.2, 0.25) is 0 Å². The second-order valence-electron chi connectivity index (χ2n) is 9.23. The van der Waals surface area contributed by atoms with Crippen molar-refractivity contribution in [2.45, 2.75) is 26.8 Å². The number of nitro benzene ring substituents is 2. The lowest BCUT2D eigenvalue weighted by Gasteiger charge is -2.25. The third kappa shape index (κ3) is 6.52. The quantitative estimate of drug-likeness (QED) is 0.181. The van der Waals surface area contributed by atoms with Gasteiger partial charge in [-0.2, -0.15) is 0 Å². The van der Waals surface area contributed by atoms with Gasteiger partial charge in [0.25, 0.3) is 11.3 Å². The van der Waals surface area contributed by atoms with E-state index in [1.807, 2.05) is 0 Å². The van der Waals surface area contributed by atoms with Crippen LogP contribution in [0.15, 0.2) is 51.4 Å². The summed E-state index contributed by atoms with van der Waals surface area (Å²) < 4.78 is 22.4. The van der Waals surface area contributed by atoms with Gasteiger partial charge in [-0.15, -0.1) is 0 Å². The molecule has 1 N–H and O–H groups in total. The van der Waals surface area contributed by atoms with Gasteiger partial charge in [0, 0.05) is 12.1 Å². The van der Waals surface area contributed by atoms with E-state index in [4.69, 9.17) is 14.2 Å². The third-order valence-corrected chi connectivity index (χ3v) is 7.44. The van der Waals surface area contributed by atoms with Gasteiger partial charge in [0.05, 0.1) is 52.0 Å². The van der Waals surface area contributed by atoms with Gasteiger partial charge < -0.3 is 24.1 Å². The highest BCUT2D eigenvalue weighted by atomic mass is 32.1. The minimum Gasteiger partial charge on any atom is -0.497 e. The molecule has 0 amide bonds. The van der Waals surface area contributed by atoms with Crippen molar-refractivity contribution in [3.8, 4) is 17.2 Å². The normalized spacial score (nSPS) is 14.3. The molecular weight excluding hydrogens is 616 g/mol. The van der Waals surface area contributed by atoms with Crippen LogP contribution in [0.4, 0.5) is 11.4 Å². The first-order valence-corrected chi connectivity index (χ1v) is 14.0. The van der Waals surface area contributed by atoms with Gasteiger partial charge >= 0.3 is 23.3 Å². The van der Waals surface area contributed by atoms with Crippen molar-refractivity contribution in [1.29, 1.82) is 0 Å². The number of benzene rings is 2. The van der Waals surface area contributed by atoms with Crippen LogP contribution in [0.25, 0.3) is 6.08 Å². The first-order chi connectivity index (χ1) is 21.4. The number of nitrogens with zero attached hydrogens (tertiary/aromatic N) is 4. The zero-order valence-corrected chi connectivity index (χ0v) is 25.1. The Hall–Kier alpha value is -5.58. The fraction of sp³-hybridized carbons (Fsp3) is 0.286. The lowest BCUT2D eigenvalue weighted by atomic mass is 9.95. The number of carbonyl (C=O) groups excluding carboxylic acids is 2. The number of hydrogen-bond donors (Lipinski definition) is 1. The Labute approximate surface area is 257 Å². The maximum absolute atomic E-state index is 13.9. The first-order valence-electron chi connectivity index (χ1n) is 13.2. The second kappa shape index (κ2) is 13.4. The number of nitro groups is 2. The average Bonchev–Trinajstić information content (AvgIpc) is 3.29. The Balaban J connectivity index is 1.95. The molecular formula is C28H26N4O12S. The number of phenols is 1. The molecule has 1 aromatic heterocycles. The molecule has 0 spiro atoms. The summed E-state index contributed by atoms with van der Waals surface area (Å²) in [6.07, 6.45) is 1.19. The van der Waals surface area contributed by atoms with E-state index in [2.05, 4.69) is 9.73 Å². The highest BCUT2D eigenvalue weighted by Gasteiger charge is 2.34. The summed E-state index contributed by atoms with van der Waals surface area (Å²) in [6, 6.07) is 5.33. The van der Waals surface area contributed by atoms with Gasteiger partial charge in [0.1, 0.15) is 0 Å². The molecule has 2 aromatic carbocycles. The van der Waals surface area contributed by atoms with E-state index in [1.165, 1.54) is 23.8 Å². The highest BCUT2D eigenvalue weighted by molar-refractivity contribution is 7.07. The standard InChI is InChI=1S/C28H26N4O12S/c1-5-42-20-12-16(7-8-19(20)44-13-22(33)41-4)24-23(27(36)43-6-2)14(3)29-28-30(24)26(35)21(45-28)11-15-9-17(31(37)38)25(34)18(10-15)32(39)40/h7-12,24,34H,5-6,13H2,1-4H3/b21-11+/t24-/m0/s1. The number of aromatic hydroxyl groups is 1. The summed E-state index contributed by atoms with van der Waals surface area (Å²) in [7, 11) is 1.21. The van der Waals surface area contributed by atoms with Gasteiger partial charge in [-0.25, -0.2) is 14.6 Å². The van der Waals surface area contributed by atoms with Gasteiger partial charge in [-0.05, 0) is 50.1 Å². The molecule has 1 atom stereocenters. The van der Waals surface area contributed by atoms with Crippen molar-refractivity contribution in [2.75, 3.05) is 26.9 Å². The molecule has 1 aliphatic rings. The van der Waals surface area contributed by atoms with E-state index in [0.29, 0.717) is 5.56 Å². The summed E-state index contributed by atoms with van der Waals surface area (Å²) >= 11 is 0.883. The van der Waals surface area contributed by atoms with Crippen LogP contribution in [0.5, 0.6) is 17.2 Å². The van der Waals surface area contributed by atoms with E-state index in [1.54, 1.807) is 32.9 Å². The van der Waals surface area contributed by atoms with Crippen molar-refractivity contribution in [3.05, 3.63) is 92.6 Å². The van der Waals surface area contributed by atoms with Crippen LogP contribution in [-0.4, -0.2) is 58.4 Å². The molecule has 0 unspecified atom stereocenters. The maximum atomic E-state index is 13.9. The highest BCUT2D eigenvalue weighted by Crippen LogP contribution is 2.38. The molecule has 17 heteroatoms. The molecule has 0 saturated heterocycles. The van der Waals surface area contributed by atoms with Crippen molar-refractivity contribution in [3.63, 3.8) is 0 Å². The van der Waals surface area contributed by atoms with Gasteiger partial charge in [0.2, 0.25) is 0 Å². The van der Waals surface area contributed by atoms with Crippen LogP contribution in [0.1, 0.15) is 37.9 Å². The Morgan fingerprint density at radius 3 is 2.31 bits per heavy atom. The molecule has 0 radical (unpaired) electrons. The molecule has 2 heterocycles. The molecule has 0 aliphatic carbocycles. The minimum absolute atomic E-state index is 0.0194. The largest absolute Gasteiger partial charge is 0.497 e. The summed E-state index contributed by atoms with van der Waals surface area (Å²) in [5, 5.41) is 32.9. The number of aromatic nitrogens is 1. The van der Waals surface area contributed by atoms with E-state index >= 15 is 0 Å². The maximum Gasteiger partial charge on any atom is 0.343 e. The number of esters is 2. The Kier molecular flexibility index (Phi) is 9.61.